The van der Waals surface area contributed by atoms with Crippen molar-refractivity contribution in [2.45, 2.75) is 38.5 Å². The molecule has 3 rings (SSSR count). The zero-order chi connectivity index (χ0) is 17.6. The number of amides is 1. The van der Waals surface area contributed by atoms with Gasteiger partial charge >= 0.3 is 0 Å². The van der Waals surface area contributed by atoms with Gasteiger partial charge in [0.1, 0.15) is 0 Å². The Bertz CT molecular complexity index is 707. The van der Waals surface area contributed by atoms with Crippen molar-refractivity contribution in [2.24, 2.45) is 0 Å². The lowest BCUT2D eigenvalue weighted by atomic mass is 9.95. The normalized spacial score (nSPS) is 17.1. The van der Waals surface area contributed by atoms with E-state index in [0.29, 0.717) is 0 Å². The van der Waals surface area contributed by atoms with Gasteiger partial charge in [-0.3, -0.25) is 4.79 Å². The zero-order valence-electron chi connectivity index (χ0n) is 15.4. The zero-order valence-corrected chi connectivity index (χ0v) is 16.3. The minimum absolute atomic E-state index is 0. The molecule has 1 aliphatic heterocycles. The van der Waals surface area contributed by atoms with Crippen LogP contribution in [0.25, 0.3) is 0 Å². The molecule has 2 aromatic rings. The molecule has 5 heteroatoms. The Kier molecular flexibility index (Phi) is 7.64. The first-order valence-corrected chi connectivity index (χ1v) is 8.95. The fourth-order valence-electron chi connectivity index (χ4n) is 3.46. The van der Waals surface area contributed by atoms with E-state index >= 15 is 0 Å². The summed E-state index contributed by atoms with van der Waals surface area (Å²) in [5.41, 5.74) is 3.85. The minimum Gasteiger partial charge on any atom is -0.351 e. The third-order valence-corrected chi connectivity index (χ3v) is 4.67. The molecule has 26 heavy (non-hydrogen) atoms. The number of carbonyl (C=O) groups is 1. The van der Waals surface area contributed by atoms with Crippen LogP contribution in [0.2, 0.25) is 0 Å². The summed E-state index contributed by atoms with van der Waals surface area (Å²) >= 11 is 0. The summed E-state index contributed by atoms with van der Waals surface area (Å²) in [5.74, 6) is 0.0927. The number of fused-ring (bicyclic) bond motifs is 1. The Morgan fingerprint density at radius 1 is 1.15 bits per heavy atom. The highest BCUT2D eigenvalue weighted by Gasteiger charge is 2.24. The second kappa shape index (κ2) is 9.72. The van der Waals surface area contributed by atoms with Gasteiger partial charge in [-0.2, -0.15) is 0 Å². The molecular weight excluding hydrogens is 346 g/mol. The van der Waals surface area contributed by atoms with Crippen molar-refractivity contribution in [3.63, 3.8) is 0 Å². The number of hydrogen-bond acceptors (Lipinski definition) is 3. The Balaban J connectivity index is 0.00000243. The van der Waals surface area contributed by atoms with Gasteiger partial charge in [0, 0.05) is 25.7 Å². The molecule has 2 unspecified atom stereocenters. The molecule has 4 nitrogen and oxygen atoms in total. The van der Waals surface area contributed by atoms with Crippen molar-refractivity contribution in [3.05, 3.63) is 71.3 Å². The molecule has 1 heterocycles. The number of rotatable bonds is 6. The van der Waals surface area contributed by atoms with E-state index in [1.807, 2.05) is 18.2 Å². The second-order valence-corrected chi connectivity index (χ2v) is 7.00. The lowest BCUT2D eigenvalue weighted by Crippen LogP contribution is -2.51. The summed E-state index contributed by atoms with van der Waals surface area (Å²) in [6.07, 6.45) is 0.759. The molecular formula is C21H28ClN3O. The first kappa shape index (κ1) is 20.4. The molecule has 2 aromatic carbocycles. The molecule has 0 saturated heterocycles. The van der Waals surface area contributed by atoms with Crippen LogP contribution in [0.1, 0.15) is 23.6 Å². The predicted molar refractivity (Wildman–Crippen MR) is 108 cm³/mol. The van der Waals surface area contributed by atoms with Gasteiger partial charge in [-0.1, -0.05) is 54.6 Å². The molecule has 0 spiro atoms. The minimum atomic E-state index is -0.142. The van der Waals surface area contributed by atoms with E-state index in [4.69, 9.17) is 0 Å². The number of likely N-dealkylation sites (N-methyl/N-ethyl adjacent to an activating group) is 1. The Labute approximate surface area is 162 Å². The number of halogens is 1. The van der Waals surface area contributed by atoms with Crippen molar-refractivity contribution in [1.82, 2.24) is 15.5 Å². The molecule has 0 bridgehead atoms. The summed E-state index contributed by atoms with van der Waals surface area (Å²) in [6.45, 7) is 4.53. The third-order valence-electron chi connectivity index (χ3n) is 4.67. The maximum atomic E-state index is 12.6. The largest absolute Gasteiger partial charge is 0.351 e. The van der Waals surface area contributed by atoms with E-state index < -0.39 is 0 Å². The van der Waals surface area contributed by atoms with E-state index in [1.165, 1.54) is 16.7 Å². The van der Waals surface area contributed by atoms with Crippen LogP contribution >= 0.6 is 12.4 Å². The number of nitrogens with zero attached hydrogens (tertiary/aromatic N) is 1. The van der Waals surface area contributed by atoms with Crippen LogP contribution in [-0.2, 0) is 24.3 Å². The Morgan fingerprint density at radius 3 is 2.54 bits per heavy atom. The highest BCUT2D eigenvalue weighted by Crippen LogP contribution is 2.16. The average Bonchev–Trinajstić information content (AvgIpc) is 2.61. The maximum Gasteiger partial charge on any atom is 0.237 e. The Morgan fingerprint density at radius 2 is 1.81 bits per heavy atom. The topological polar surface area (TPSA) is 44.4 Å². The SMILES string of the molecule is CC(CN(C)Cc1ccccc1)NC(=O)C1Cc2ccccc2CN1.Cl. The maximum absolute atomic E-state index is 12.6. The van der Waals surface area contributed by atoms with Crippen molar-refractivity contribution in [3.8, 4) is 0 Å². The van der Waals surface area contributed by atoms with Crippen LogP contribution in [0.3, 0.4) is 0 Å². The molecule has 1 aliphatic rings. The fourth-order valence-corrected chi connectivity index (χ4v) is 3.46. The van der Waals surface area contributed by atoms with E-state index in [-0.39, 0.29) is 30.4 Å². The smallest absolute Gasteiger partial charge is 0.237 e. The first-order valence-electron chi connectivity index (χ1n) is 8.95. The summed E-state index contributed by atoms with van der Waals surface area (Å²) in [6, 6.07) is 18.7. The van der Waals surface area contributed by atoms with E-state index in [1.54, 1.807) is 0 Å². The predicted octanol–water partition coefficient (Wildman–Crippen LogP) is 2.76. The molecule has 1 amide bonds. The van der Waals surface area contributed by atoms with Gasteiger partial charge in [0.05, 0.1) is 6.04 Å². The highest BCUT2D eigenvalue weighted by atomic mass is 35.5. The number of nitrogens with one attached hydrogen (secondary N) is 2. The lowest BCUT2D eigenvalue weighted by Gasteiger charge is -2.28. The summed E-state index contributed by atoms with van der Waals surface area (Å²) in [7, 11) is 2.09. The number of benzene rings is 2. The van der Waals surface area contributed by atoms with Crippen molar-refractivity contribution in [2.75, 3.05) is 13.6 Å². The standard InChI is InChI=1S/C21H27N3O.ClH/c1-16(14-24(2)15-17-8-4-3-5-9-17)23-21(25)20-12-18-10-6-7-11-19(18)13-22-20;/h3-11,16,20,22H,12-15H2,1-2H3,(H,23,25);1H. The first-order chi connectivity index (χ1) is 12.1. The van der Waals surface area contributed by atoms with Crippen molar-refractivity contribution < 1.29 is 4.79 Å². The summed E-state index contributed by atoms with van der Waals surface area (Å²) in [4.78, 5) is 14.8. The quantitative estimate of drug-likeness (QED) is 0.818. The lowest BCUT2D eigenvalue weighted by molar-refractivity contribution is -0.124. The monoisotopic (exact) mass is 373 g/mol. The van der Waals surface area contributed by atoms with Gasteiger partial charge in [0.15, 0.2) is 0 Å². The number of carbonyl (C=O) groups excluding carboxylic acids is 1. The van der Waals surface area contributed by atoms with Gasteiger partial charge in [-0.15, -0.1) is 12.4 Å². The Hall–Kier alpha value is -1.88. The molecule has 2 N–H and O–H groups in total. The van der Waals surface area contributed by atoms with E-state index in [2.05, 4.69) is 65.9 Å². The van der Waals surface area contributed by atoms with Crippen LogP contribution in [0, 0.1) is 0 Å². The molecule has 0 fully saturated rings. The van der Waals surface area contributed by atoms with Gasteiger partial charge in [-0.05, 0) is 37.1 Å². The highest BCUT2D eigenvalue weighted by molar-refractivity contribution is 5.85. The van der Waals surface area contributed by atoms with Gasteiger partial charge in [0.25, 0.3) is 0 Å². The van der Waals surface area contributed by atoms with Crippen LogP contribution in [0.4, 0.5) is 0 Å². The number of hydrogen-bond donors (Lipinski definition) is 2. The molecule has 2 atom stereocenters. The molecule has 0 aromatic heterocycles. The second-order valence-electron chi connectivity index (χ2n) is 7.00. The van der Waals surface area contributed by atoms with Crippen molar-refractivity contribution >= 4 is 18.3 Å². The third kappa shape index (κ3) is 5.56. The van der Waals surface area contributed by atoms with Crippen LogP contribution < -0.4 is 10.6 Å². The fraction of sp³-hybridized carbons (Fsp3) is 0.381. The van der Waals surface area contributed by atoms with Gasteiger partial charge < -0.3 is 15.5 Å². The molecule has 0 radical (unpaired) electrons. The summed E-state index contributed by atoms with van der Waals surface area (Å²) in [5, 5.41) is 6.50. The molecule has 0 saturated carbocycles. The van der Waals surface area contributed by atoms with Crippen molar-refractivity contribution in [1.29, 1.82) is 0 Å². The molecule has 0 aliphatic carbocycles. The summed E-state index contributed by atoms with van der Waals surface area (Å²) < 4.78 is 0. The van der Waals surface area contributed by atoms with E-state index in [9.17, 15) is 4.79 Å². The van der Waals surface area contributed by atoms with Crippen LogP contribution in [0.5, 0.6) is 0 Å². The molecule has 140 valence electrons. The van der Waals surface area contributed by atoms with Gasteiger partial charge in [0.2, 0.25) is 5.91 Å². The average molecular weight is 374 g/mol. The van der Waals surface area contributed by atoms with Crippen LogP contribution in [-0.4, -0.2) is 36.5 Å². The van der Waals surface area contributed by atoms with E-state index in [0.717, 1.165) is 26.1 Å². The van der Waals surface area contributed by atoms with Crippen LogP contribution in [0.15, 0.2) is 54.6 Å². The van der Waals surface area contributed by atoms with Gasteiger partial charge in [-0.25, -0.2) is 0 Å².